The van der Waals surface area contributed by atoms with Gasteiger partial charge in [-0.3, -0.25) is 0 Å². The summed E-state index contributed by atoms with van der Waals surface area (Å²) in [7, 11) is 0. The fourth-order valence-electron chi connectivity index (χ4n) is 9.16. The fraction of sp³-hybridized carbons (Fsp3) is 0. The number of aromatic nitrogens is 2. The monoisotopic (exact) mass is 566 g/mol. The molecule has 2 aliphatic heterocycles. The molecule has 3 heteroatoms. The Hall–Kier alpha value is -5.80. The molecule has 0 atom stereocenters. The lowest BCUT2D eigenvalue weighted by atomic mass is 9.34. The molecule has 0 bridgehead atoms. The number of fused-ring (bicyclic) bond motifs is 16. The molecule has 0 N–H and O–H groups in total. The predicted octanol–water partition coefficient (Wildman–Crippen LogP) is 8.48. The lowest BCUT2D eigenvalue weighted by Gasteiger charge is -2.34. The van der Waals surface area contributed by atoms with E-state index in [4.69, 9.17) is 0 Å². The van der Waals surface area contributed by atoms with Crippen molar-refractivity contribution in [3.05, 3.63) is 140 Å². The van der Waals surface area contributed by atoms with Gasteiger partial charge in [-0.1, -0.05) is 133 Å². The first-order chi connectivity index (χ1) is 22.4. The van der Waals surface area contributed by atoms with E-state index in [-0.39, 0.29) is 6.71 Å². The largest absolute Gasteiger partial charge is 0.310 e. The van der Waals surface area contributed by atoms with Crippen LogP contribution < -0.4 is 16.4 Å². The number of hydrogen-bond donors (Lipinski definition) is 0. The Morgan fingerprint density at radius 3 is 1.49 bits per heavy atom. The highest BCUT2D eigenvalue weighted by molar-refractivity contribution is 7.00. The van der Waals surface area contributed by atoms with Crippen LogP contribution >= 0.6 is 0 Å². The molecule has 0 amide bonds. The molecule has 0 saturated carbocycles. The van der Waals surface area contributed by atoms with Gasteiger partial charge in [0.1, 0.15) is 0 Å². The summed E-state index contributed by atoms with van der Waals surface area (Å²) in [6.07, 6.45) is 0. The van der Waals surface area contributed by atoms with E-state index < -0.39 is 0 Å². The van der Waals surface area contributed by atoms with Gasteiger partial charge in [0.2, 0.25) is 0 Å². The molecule has 0 radical (unpaired) electrons. The standard InChI is InChI=1S/C42H23BN2/c1-4-12-27-24(9-1)19-21-32-30-15-7-17-34-40(30)44(38(27)32)36-23-26-11-3-6-14-29(26)42-37(36)43(34)35-18-8-16-31-33-22-20-25-10-2-5-13-28(25)39(33)45(42)41(31)35/h1-23H. The van der Waals surface area contributed by atoms with Crippen molar-refractivity contribution in [3.63, 3.8) is 0 Å². The topological polar surface area (TPSA) is 9.86 Å². The Balaban J connectivity index is 1.41. The van der Waals surface area contributed by atoms with Crippen molar-refractivity contribution >= 4 is 99.0 Å². The van der Waals surface area contributed by atoms with Crippen molar-refractivity contribution in [2.24, 2.45) is 0 Å². The van der Waals surface area contributed by atoms with E-state index in [9.17, 15) is 0 Å². The zero-order valence-electron chi connectivity index (χ0n) is 24.3. The van der Waals surface area contributed by atoms with Gasteiger partial charge < -0.3 is 9.13 Å². The second-order valence-electron chi connectivity index (χ2n) is 12.8. The Morgan fingerprint density at radius 2 is 0.844 bits per heavy atom. The van der Waals surface area contributed by atoms with Crippen molar-refractivity contribution < 1.29 is 0 Å². The van der Waals surface area contributed by atoms with E-state index in [0.717, 1.165) is 0 Å². The maximum atomic E-state index is 2.63. The van der Waals surface area contributed by atoms with Crippen molar-refractivity contribution in [1.29, 1.82) is 0 Å². The number of rotatable bonds is 0. The van der Waals surface area contributed by atoms with E-state index in [1.165, 1.54) is 104 Å². The summed E-state index contributed by atoms with van der Waals surface area (Å²) in [4.78, 5) is 0. The van der Waals surface area contributed by atoms with Crippen molar-refractivity contribution in [3.8, 4) is 11.4 Å². The van der Waals surface area contributed by atoms with Crippen LogP contribution in [0.25, 0.3) is 87.3 Å². The van der Waals surface area contributed by atoms with Crippen molar-refractivity contribution in [1.82, 2.24) is 9.13 Å². The molecule has 0 saturated heterocycles. The Bertz CT molecular complexity index is 2990. The zero-order valence-corrected chi connectivity index (χ0v) is 24.3. The molecule has 0 spiro atoms. The molecule has 0 unspecified atom stereocenters. The van der Waals surface area contributed by atoms with Gasteiger partial charge in [-0.15, -0.1) is 0 Å². The summed E-state index contributed by atoms with van der Waals surface area (Å²) >= 11 is 0. The smallest absolute Gasteiger partial charge is 0.252 e. The summed E-state index contributed by atoms with van der Waals surface area (Å²) in [6, 6.07) is 52.5. The minimum atomic E-state index is 0.137. The summed E-state index contributed by atoms with van der Waals surface area (Å²) in [6.45, 7) is 0.137. The molecule has 2 aliphatic rings. The summed E-state index contributed by atoms with van der Waals surface area (Å²) in [5.74, 6) is 0. The molecule has 8 aromatic carbocycles. The minimum absolute atomic E-state index is 0.137. The van der Waals surface area contributed by atoms with E-state index in [1.54, 1.807) is 0 Å². The molecule has 2 nitrogen and oxygen atoms in total. The molecule has 2 aromatic heterocycles. The quantitative estimate of drug-likeness (QED) is 0.163. The lowest BCUT2D eigenvalue weighted by molar-refractivity contribution is 1.16. The normalized spacial score (nSPS) is 13.3. The van der Waals surface area contributed by atoms with Gasteiger partial charge >= 0.3 is 0 Å². The van der Waals surface area contributed by atoms with Crippen LogP contribution in [0.1, 0.15) is 0 Å². The first-order valence-electron chi connectivity index (χ1n) is 15.8. The van der Waals surface area contributed by atoms with Crippen LogP contribution in [-0.2, 0) is 0 Å². The molecule has 204 valence electrons. The third-order valence-electron chi connectivity index (χ3n) is 10.8. The van der Waals surface area contributed by atoms with E-state index in [2.05, 4.69) is 149 Å². The first-order valence-corrected chi connectivity index (χ1v) is 15.8. The highest BCUT2D eigenvalue weighted by atomic mass is 15.0. The molecule has 10 aromatic rings. The fourth-order valence-corrected chi connectivity index (χ4v) is 9.16. The lowest BCUT2D eigenvalue weighted by Crippen LogP contribution is -2.59. The van der Waals surface area contributed by atoms with Gasteiger partial charge in [-0.05, 0) is 38.6 Å². The van der Waals surface area contributed by atoms with Gasteiger partial charge in [-0.2, -0.15) is 0 Å². The van der Waals surface area contributed by atoms with Crippen LogP contribution in [-0.4, -0.2) is 15.8 Å². The second kappa shape index (κ2) is 7.64. The van der Waals surface area contributed by atoms with Crippen LogP contribution in [0.15, 0.2) is 140 Å². The Kier molecular flexibility index (Phi) is 3.85. The van der Waals surface area contributed by atoms with Crippen LogP contribution in [0.4, 0.5) is 0 Å². The third-order valence-corrected chi connectivity index (χ3v) is 10.8. The molecular formula is C42H23BN2. The Morgan fingerprint density at radius 1 is 0.356 bits per heavy atom. The molecule has 12 rings (SSSR count). The first kappa shape index (κ1) is 22.7. The average molecular weight is 566 g/mol. The summed E-state index contributed by atoms with van der Waals surface area (Å²) in [5.41, 5.74) is 12.1. The number of benzene rings is 8. The maximum absolute atomic E-state index is 2.63. The summed E-state index contributed by atoms with van der Waals surface area (Å²) in [5, 5.41) is 13.0. The zero-order chi connectivity index (χ0) is 29.0. The maximum Gasteiger partial charge on any atom is 0.252 e. The Labute approximate surface area is 258 Å². The molecule has 0 fully saturated rings. The van der Waals surface area contributed by atoms with Crippen molar-refractivity contribution in [2.45, 2.75) is 0 Å². The molecule has 0 aliphatic carbocycles. The highest BCUT2D eigenvalue weighted by Gasteiger charge is 2.41. The van der Waals surface area contributed by atoms with Gasteiger partial charge in [0.05, 0.1) is 16.7 Å². The number of para-hydroxylation sites is 2. The SMILES string of the molecule is c1ccc2c3c4c(cc2c1)-n1c2c(cccc2c2ccc5ccccc5c21)B4c1cccc2c4ccc5ccccc5c4n-3c12. The molecular weight excluding hydrogens is 543 g/mol. The van der Waals surface area contributed by atoms with Gasteiger partial charge in [-0.25, -0.2) is 0 Å². The summed E-state index contributed by atoms with van der Waals surface area (Å²) < 4.78 is 5.24. The van der Waals surface area contributed by atoms with Crippen LogP contribution in [0, 0.1) is 0 Å². The predicted molar refractivity (Wildman–Crippen MR) is 192 cm³/mol. The van der Waals surface area contributed by atoms with Gasteiger partial charge in [0, 0.05) is 54.4 Å². The van der Waals surface area contributed by atoms with Crippen molar-refractivity contribution in [2.75, 3.05) is 0 Å². The average Bonchev–Trinajstić information content (AvgIpc) is 3.63. The van der Waals surface area contributed by atoms with Gasteiger partial charge in [0.15, 0.2) is 0 Å². The second-order valence-corrected chi connectivity index (χ2v) is 12.8. The molecule has 45 heavy (non-hydrogen) atoms. The van der Waals surface area contributed by atoms with Crippen LogP contribution in [0.2, 0.25) is 0 Å². The van der Waals surface area contributed by atoms with E-state index >= 15 is 0 Å². The molecule has 4 heterocycles. The van der Waals surface area contributed by atoms with Crippen LogP contribution in [0.3, 0.4) is 0 Å². The van der Waals surface area contributed by atoms with E-state index in [0.29, 0.717) is 0 Å². The minimum Gasteiger partial charge on any atom is -0.310 e. The van der Waals surface area contributed by atoms with Crippen LogP contribution in [0.5, 0.6) is 0 Å². The van der Waals surface area contributed by atoms with Gasteiger partial charge in [0.25, 0.3) is 6.71 Å². The number of hydrogen-bond acceptors (Lipinski definition) is 0. The third kappa shape index (κ3) is 2.51. The van der Waals surface area contributed by atoms with E-state index in [1.807, 2.05) is 0 Å². The highest BCUT2D eigenvalue weighted by Crippen LogP contribution is 2.43. The number of nitrogens with zero attached hydrogens (tertiary/aromatic N) is 2.